The van der Waals surface area contributed by atoms with E-state index in [9.17, 15) is 13.8 Å². The van der Waals surface area contributed by atoms with E-state index in [1.54, 1.807) is 24.3 Å². The average Bonchev–Trinajstić information content (AvgIpc) is 2.85. The number of pyridine rings is 1. The van der Waals surface area contributed by atoms with Gasteiger partial charge in [-0.25, -0.2) is 0 Å². The number of hydrogen-bond donors (Lipinski definition) is 0. The van der Waals surface area contributed by atoms with Crippen molar-refractivity contribution in [3.05, 3.63) is 88.2 Å². The van der Waals surface area contributed by atoms with Crippen LogP contribution in [0.3, 0.4) is 0 Å². The Hall–Kier alpha value is -2.74. The van der Waals surface area contributed by atoms with Crippen LogP contribution in [0.4, 0.5) is 5.69 Å². The average molecular weight is 530 g/mol. The van der Waals surface area contributed by atoms with Gasteiger partial charge in [0.1, 0.15) is 0 Å². The first-order valence-electron chi connectivity index (χ1n) is 11.2. The lowest BCUT2D eigenvalue weighted by Gasteiger charge is -2.46. The largest absolute Gasteiger partial charge is 0.365 e. The zero-order valence-electron chi connectivity index (χ0n) is 19.4. The number of hydrogen-bond acceptors (Lipinski definition) is 5. The Morgan fingerprint density at radius 2 is 1.71 bits per heavy atom. The molecule has 3 aromatic rings. The van der Waals surface area contributed by atoms with Gasteiger partial charge in [-0.1, -0.05) is 29.3 Å². The minimum absolute atomic E-state index is 0.0548. The van der Waals surface area contributed by atoms with E-state index in [1.165, 1.54) is 18.5 Å². The molecule has 1 aliphatic heterocycles. The molecule has 1 aliphatic rings. The van der Waals surface area contributed by atoms with Gasteiger partial charge >= 0.3 is 0 Å². The minimum atomic E-state index is -1.64. The molecule has 0 spiro atoms. The van der Waals surface area contributed by atoms with Gasteiger partial charge in [0.05, 0.1) is 26.5 Å². The number of anilines is 1. The van der Waals surface area contributed by atoms with Crippen LogP contribution in [0.1, 0.15) is 34.6 Å². The van der Waals surface area contributed by atoms with Gasteiger partial charge in [0.25, 0.3) is 5.91 Å². The summed E-state index contributed by atoms with van der Waals surface area (Å²) in [5, 5.41) is 0.880. The quantitative estimate of drug-likeness (QED) is 0.414. The number of carbonyl (C=O) groups is 2. The van der Waals surface area contributed by atoms with Crippen molar-refractivity contribution in [1.29, 1.82) is 0 Å². The third kappa shape index (κ3) is 5.58. The molecule has 2 aromatic carbocycles. The monoisotopic (exact) mass is 529 g/mol. The van der Waals surface area contributed by atoms with Crippen LogP contribution >= 0.6 is 23.2 Å². The van der Waals surface area contributed by atoms with Gasteiger partial charge in [-0.2, -0.15) is 0 Å². The molecular formula is C26H25Cl2N3O3S. The molecule has 0 bridgehead atoms. The molecule has 2 unspecified atom stereocenters. The van der Waals surface area contributed by atoms with E-state index in [1.807, 2.05) is 36.1 Å². The highest BCUT2D eigenvalue weighted by Crippen LogP contribution is 2.29. The molecule has 0 aliphatic carbocycles. The van der Waals surface area contributed by atoms with Gasteiger partial charge in [0.2, 0.25) is 0 Å². The van der Waals surface area contributed by atoms with Crippen molar-refractivity contribution in [3.8, 4) is 0 Å². The van der Waals surface area contributed by atoms with Gasteiger partial charge in [0, 0.05) is 59.4 Å². The van der Waals surface area contributed by atoms with Crippen LogP contribution in [0, 0.1) is 0 Å². The zero-order chi connectivity index (χ0) is 25.1. The smallest absolute Gasteiger partial charge is 0.254 e. The lowest BCUT2D eigenvalue weighted by molar-refractivity contribution is 0.0634. The number of piperazine rings is 1. The molecule has 0 saturated carbocycles. The van der Waals surface area contributed by atoms with E-state index in [0.29, 0.717) is 34.1 Å². The lowest BCUT2D eigenvalue weighted by Crippen LogP contribution is -2.59. The van der Waals surface area contributed by atoms with Crippen molar-refractivity contribution in [2.75, 3.05) is 23.7 Å². The summed E-state index contributed by atoms with van der Waals surface area (Å²) in [6.07, 6.45) is 3.03. The maximum atomic E-state index is 13.3. The van der Waals surface area contributed by atoms with E-state index in [2.05, 4.69) is 16.8 Å². The summed E-state index contributed by atoms with van der Waals surface area (Å²) in [6.45, 7) is 5.33. The van der Waals surface area contributed by atoms with Crippen molar-refractivity contribution in [3.63, 3.8) is 0 Å². The molecule has 6 nitrogen and oxygen atoms in total. The van der Waals surface area contributed by atoms with E-state index < -0.39 is 10.8 Å². The molecule has 1 saturated heterocycles. The summed E-state index contributed by atoms with van der Waals surface area (Å²) in [4.78, 5) is 34.0. The van der Waals surface area contributed by atoms with Crippen molar-refractivity contribution >= 4 is 51.4 Å². The second kappa shape index (κ2) is 10.9. The van der Waals surface area contributed by atoms with Gasteiger partial charge in [-0.3, -0.25) is 18.8 Å². The Morgan fingerprint density at radius 3 is 2.40 bits per heavy atom. The number of amides is 1. The standard InChI is InChI=1S/C26H25Cl2N3O3S/c1-17-18(2)31(13-12-30(17)22-5-3-4-21(27)15-22)26(33)20-6-7-25(23(28)14-20)35(34)16-24(32)19-8-10-29-11-9-19/h3-11,14-15,17-18H,12-13,16H2,1-2H3/t17?,18-,35?/m0/s1. The van der Waals surface area contributed by atoms with Gasteiger partial charge in [0.15, 0.2) is 5.78 Å². The summed E-state index contributed by atoms with van der Waals surface area (Å²) in [6, 6.07) is 15.6. The molecule has 9 heteroatoms. The number of Topliss-reactive ketones (excluding diaryl/α,β-unsaturated/α-hetero) is 1. The molecule has 0 radical (unpaired) electrons. The van der Waals surface area contributed by atoms with Crippen molar-refractivity contribution in [2.24, 2.45) is 0 Å². The van der Waals surface area contributed by atoms with Crippen LogP contribution < -0.4 is 4.90 Å². The van der Waals surface area contributed by atoms with Gasteiger partial charge < -0.3 is 9.80 Å². The topological polar surface area (TPSA) is 70.6 Å². The maximum absolute atomic E-state index is 13.3. The Bertz CT molecular complexity index is 1270. The number of carbonyl (C=O) groups excluding carboxylic acids is 2. The molecular weight excluding hydrogens is 505 g/mol. The fraction of sp³-hybridized carbons (Fsp3) is 0.269. The van der Waals surface area contributed by atoms with Gasteiger partial charge in [-0.15, -0.1) is 0 Å². The molecule has 182 valence electrons. The van der Waals surface area contributed by atoms with Crippen molar-refractivity contribution < 1.29 is 13.8 Å². The second-order valence-corrected chi connectivity index (χ2v) is 10.7. The Morgan fingerprint density at radius 1 is 0.971 bits per heavy atom. The SMILES string of the molecule is CC1[C@H](C)N(C(=O)c2ccc(S(=O)CC(=O)c3ccncc3)c(Cl)c2)CCN1c1cccc(Cl)c1. The highest BCUT2D eigenvalue weighted by molar-refractivity contribution is 7.86. The van der Waals surface area contributed by atoms with Crippen LogP contribution in [0.25, 0.3) is 0 Å². The van der Waals surface area contributed by atoms with E-state index >= 15 is 0 Å². The molecule has 35 heavy (non-hydrogen) atoms. The van der Waals surface area contributed by atoms with Crippen molar-refractivity contribution in [2.45, 2.75) is 30.8 Å². The predicted octanol–water partition coefficient (Wildman–Crippen LogP) is 5.12. The molecule has 0 N–H and O–H groups in total. The van der Waals surface area contributed by atoms with Crippen LogP contribution in [0.5, 0.6) is 0 Å². The predicted molar refractivity (Wildman–Crippen MR) is 140 cm³/mol. The molecule has 1 aromatic heterocycles. The van der Waals surface area contributed by atoms with E-state index in [-0.39, 0.29) is 34.5 Å². The van der Waals surface area contributed by atoms with Crippen LogP contribution in [-0.4, -0.2) is 56.7 Å². The normalized spacial score (nSPS) is 18.9. The third-order valence-electron chi connectivity index (χ3n) is 6.35. The van der Waals surface area contributed by atoms with E-state index in [4.69, 9.17) is 23.2 Å². The van der Waals surface area contributed by atoms with Crippen molar-refractivity contribution in [1.82, 2.24) is 9.88 Å². The maximum Gasteiger partial charge on any atom is 0.254 e. The lowest BCUT2D eigenvalue weighted by atomic mass is 10.0. The first kappa shape index (κ1) is 25.4. The van der Waals surface area contributed by atoms with Crippen LogP contribution in [0.2, 0.25) is 10.0 Å². The minimum Gasteiger partial charge on any atom is -0.365 e. The zero-order valence-corrected chi connectivity index (χ0v) is 21.7. The number of aromatic nitrogens is 1. The molecule has 3 atom stereocenters. The summed E-state index contributed by atoms with van der Waals surface area (Å²) in [5.41, 5.74) is 1.89. The fourth-order valence-electron chi connectivity index (χ4n) is 4.25. The second-order valence-electron chi connectivity index (χ2n) is 8.45. The molecule has 2 heterocycles. The summed E-state index contributed by atoms with van der Waals surface area (Å²) < 4.78 is 12.8. The fourth-order valence-corrected chi connectivity index (χ4v) is 5.93. The first-order chi connectivity index (χ1) is 16.8. The van der Waals surface area contributed by atoms with Crippen LogP contribution in [0.15, 0.2) is 71.9 Å². The van der Waals surface area contributed by atoms with E-state index in [0.717, 1.165) is 5.69 Å². The highest BCUT2D eigenvalue weighted by Gasteiger charge is 2.34. The Kier molecular flexibility index (Phi) is 7.89. The number of rotatable bonds is 6. The van der Waals surface area contributed by atoms with Crippen LogP contribution in [-0.2, 0) is 10.8 Å². The molecule has 4 rings (SSSR count). The summed E-state index contributed by atoms with van der Waals surface area (Å²) >= 11 is 12.6. The summed E-state index contributed by atoms with van der Waals surface area (Å²) in [5.74, 6) is -0.596. The molecule has 1 amide bonds. The number of halogens is 2. The highest BCUT2D eigenvalue weighted by atomic mass is 35.5. The number of nitrogens with zero attached hydrogens (tertiary/aromatic N) is 3. The number of ketones is 1. The molecule has 1 fully saturated rings. The number of benzene rings is 2. The Labute approximate surface area is 217 Å². The Balaban J connectivity index is 1.46. The third-order valence-corrected chi connectivity index (χ3v) is 8.38. The van der Waals surface area contributed by atoms with Gasteiger partial charge in [-0.05, 0) is 62.4 Å². The first-order valence-corrected chi connectivity index (χ1v) is 13.3. The summed E-state index contributed by atoms with van der Waals surface area (Å²) in [7, 11) is -1.64.